The third-order valence-corrected chi connectivity index (χ3v) is 11.5. The van der Waals surface area contributed by atoms with Crippen molar-refractivity contribution in [2.75, 3.05) is 0 Å². The highest BCUT2D eigenvalue weighted by Crippen LogP contribution is 2.38. The second kappa shape index (κ2) is 14.9. The lowest BCUT2D eigenvalue weighted by Crippen LogP contribution is -1.95. The predicted octanol–water partition coefficient (Wildman–Crippen LogP) is 14.9. The minimum atomic E-state index is 0.652. The van der Waals surface area contributed by atoms with Crippen LogP contribution in [0.5, 0.6) is 0 Å². The molecular formula is C56H39N3. The van der Waals surface area contributed by atoms with Crippen molar-refractivity contribution in [2.45, 2.75) is 6.92 Å². The smallest absolute Gasteiger partial charge is 0.0991 e. The molecule has 0 aliphatic carbocycles. The van der Waals surface area contributed by atoms with E-state index in [9.17, 15) is 5.26 Å². The fourth-order valence-electron chi connectivity index (χ4n) is 8.59. The third-order valence-electron chi connectivity index (χ3n) is 11.5. The molecule has 0 aliphatic heterocycles. The van der Waals surface area contributed by atoms with E-state index in [2.05, 4.69) is 205 Å². The van der Waals surface area contributed by atoms with Crippen molar-refractivity contribution in [3.63, 3.8) is 0 Å². The van der Waals surface area contributed by atoms with Crippen molar-refractivity contribution in [3.8, 4) is 45.1 Å². The van der Waals surface area contributed by atoms with Gasteiger partial charge in [0, 0.05) is 32.9 Å². The van der Waals surface area contributed by atoms with Crippen LogP contribution < -0.4 is 0 Å². The summed E-state index contributed by atoms with van der Waals surface area (Å²) in [4.78, 5) is 0. The molecular weight excluding hydrogens is 715 g/mol. The van der Waals surface area contributed by atoms with Gasteiger partial charge in [-0.15, -0.1) is 0 Å². The normalized spacial score (nSPS) is 12.1. The van der Waals surface area contributed by atoms with Gasteiger partial charge in [-0.05, 0) is 124 Å². The molecule has 0 atom stereocenters. The number of para-hydroxylation sites is 2. The van der Waals surface area contributed by atoms with Gasteiger partial charge in [0.25, 0.3) is 0 Å². The van der Waals surface area contributed by atoms with Crippen LogP contribution in [0.15, 0.2) is 213 Å². The summed E-state index contributed by atoms with van der Waals surface area (Å²) in [5.74, 6) is 0. The minimum absolute atomic E-state index is 0.652. The summed E-state index contributed by atoms with van der Waals surface area (Å²) >= 11 is 0. The van der Waals surface area contributed by atoms with Crippen molar-refractivity contribution in [1.82, 2.24) is 9.13 Å². The zero-order valence-corrected chi connectivity index (χ0v) is 32.7. The molecule has 0 radical (unpaired) electrons. The molecule has 0 fully saturated rings. The van der Waals surface area contributed by atoms with Crippen LogP contribution in [0.4, 0.5) is 0 Å². The maximum Gasteiger partial charge on any atom is 0.0991 e. The van der Waals surface area contributed by atoms with Gasteiger partial charge in [-0.1, -0.05) is 140 Å². The Morgan fingerprint density at radius 2 is 1.00 bits per heavy atom. The molecule has 0 N–H and O–H groups in total. The monoisotopic (exact) mass is 753 g/mol. The fraction of sp³-hybridized carbons (Fsp3) is 0.0179. The van der Waals surface area contributed by atoms with Gasteiger partial charge >= 0.3 is 0 Å². The molecule has 0 amide bonds. The van der Waals surface area contributed by atoms with Crippen molar-refractivity contribution < 1.29 is 0 Å². The Labute approximate surface area is 344 Å². The fourth-order valence-corrected chi connectivity index (χ4v) is 8.59. The first-order valence-electron chi connectivity index (χ1n) is 19.9. The van der Waals surface area contributed by atoms with E-state index < -0.39 is 0 Å². The molecule has 0 aliphatic rings. The molecule has 0 saturated heterocycles. The van der Waals surface area contributed by atoms with E-state index in [-0.39, 0.29) is 0 Å². The molecule has 10 rings (SSSR count). The number of aromatic nitrogens is 2. The Morgan fingerprint density at radius 3 is 1.68 bits per heavy atom. The molecule has 278 valence electrons. The molecule has 2 aromatic heterocycles. The van der Waals surface area contributed by atoms with Crippen LogP contribution in [0.25, 0.3) is 93.9 Å². The molecule has 3 nitrogen and oxygen atoms in total. The first-order chi connectivity index (χ1) is 29.1. The summed E-state index contributed by atoms with van der Waals surface area (Å²) in [5.41, 5.74) is 16.8. The maximum absolute atomic E-state index is 9.29. The third kappa shape index (κ3) is 6.34. The van der Waals surface area contributed by atoms with E-state index in [1.807, 2.05) is 30.3 Å². The summed E-state index contributed by atoms with van der Waals surface area (Å²) in [5, 5.41) is 14.2. The first-order valence-corrected chi connectivity index (χ1v) is 19.9. The van der Waals surface area contributed by atoms with E-state index in [1.54, 1.807) is 0 Å². The molecule has 59 heavy (non-hydrogen) atoms. The Morgan fingerprint density at radius 1 is 0.492 bits per heavy atom. The lowest BCUT2D eigenvalue weighted by Gasteiger charge is -2.12. The number of allylic oxidation sites excluding steroid dienone is 5. The van der Waals surface area contributed by atoms with Gasteiger partial charge in [-0.2, -0.15) is 5.26 Å². The lowest BCUT2D eigenvalue weighted by molar-refractivity contribution is 1.18. The van der Waals surface area contributed by atoms with E-state index in [1.165, 1.54) is 66.0 Å². The molecule has 3 heteroatoms. The van der Waals surface area contributed by atoms with Gasteiger partial charge in [-0.25, -0.2) is 0 Å². The molecule has 0 saturated carbocycles. The van der Waals surface area contributed by atoms with Crippen LogP contribution in [0.2, 0.25) is 0 Å². The average molecular weight is 754 g/mol. The van der Waals surface area contributed by atoms with E-state index in [4.69, 9.17) is 0 Å². The Hall–Kier alpha value is -7.93. The van der Waals surface area contributed by atoms with Gasteiger partial charge in [0.05, 0.1) is 33.7 Å². The van der Waals surface area contributed by atoms with Crippen molar-refractivity contribution >= 4 is 54.9 Å². The second-order valence-corrected chi connectivity index (χ2v) is 15.0. The Kier molecular flexibility index (Phi) is 8.94. The zero-order chi connectivity index (χ0) is 39.9. The summed E-state index contributed by atoms with van der Waals surface area (Å²) < 4.78 is 4.71. The zero-order valence-electron chi connectivity index (χ0n) is 32.7. The SMILES string of the molecule is C=C/C=C(\C=C(/C)c1ccc(C#N)cc1)n1c2ccccc2c2cc(-c3ccc(-c4ccc5c(c4)c4ccccc4n5-c4cccc(-c5ccccc5)c4)cc3)ccc21. The molecule has 2 heterocycles. The Balaban J connectivity index is 1.01. The van der Waals surface area contributed by atoms with E-state index in [0.29, 0.717) is 5.56 Å². The minimum Gasteiger partial charge on any atom is -0.309 e. The summed E-state index contributed by atoms with van der Waals surface area (Å²) in [7, 11) is 0. The average Bonchev–Trinajstić information content (AvgIpc) is 3.81. The van der Waals surface area contributed by atoms with E-state index in [0.717, 1.165) is 33.6 Å². The second-order valence-electron chi connectivity index (χ2n) is 15.0. The summed E-state index contributed by atoms with van der Waals surface area (Å²) in [6.07, 6.45) is 6.10. The highest BCUT2D eigenvalue weighted by atomic mass is 15.0. The van der Waals surface area contributed by atoms with Crippen LogP contribution >= 0.6 is 0 Å². The molecule has 10 aromatic rings. The maximum atomic E-state index is 9.29. The summed E-state index contributed by atoms with van der Waals surface area (Å²) in [6, 6.07) is 69.3. The highest BCUT2D eigenvalue weighted by Gasteiger charge is 2.16. The number of hydrogen-bond acceptors (Lipinski definition) is 1. The number of rotatable bonds is 8. The number of nitriles is 1. The topological polar surface area (TPSA) is 33.6 Å². The van der Waals surface area contributed by atoms with Crippen molar-refractivity contribution in [3.05, 3.63) is 224 Å². The first kappa shape index (κ1) is 35.5. The highest BCUT2D eigenvalue weighted by molar-refractivity contribution is 6.12. The van der Waals surface area contributed by atoms with Gasteiger partial charge in [-0.3, -0.25) is 0 Å². The predicted molar refractivity (Wildman–Crippen MR) is 249 cm³/mol. The summed E-state index contributed by atoms with van der Waals surface area (Å²) in [6.45, 7) is 6.16. The van der Waals surface area contributed by atoms with Gasteiger partial charge in [0.2, 0.25) is 0 Å². The quantitative estimate of drug-likeness (QED) is 0.142. The standard InChI is InChI=1S/C56H39N3/c1-3-12-47(33-38(2)40-23-21-39(37-57)22-24-40)58-53-19-9-7-17-49(53)51-35-45(29-31-55(51)58)42-25-27-43(28-26-42)46-30-32-56-52(36-46)50-18-8-10-20-54(50)59(56)48-16-11-15-44(34-48)41-13-5-4-6-14-41/h3-36H,1H2,2H3/b38-33+,47-12+. The largest absolute Gasteiger partial charge is 0.309 e. The number of fused-ring (bicyclic) bond motifs is 6. The molecule has 0 spiro atoms. The molecule has 8 aromatic carbocycles. The number of hydrogen-bond donors (Lipinski definition) is 0. The van der Waals surface area contributed by atoms with Crippen LogP contribution in [-0.2, 0) is 0 Å². The Bertz CT molecular complexity index is 3330. The van der Waals surface area contributed by atoms with Crippen molar-refractivity contribution in [2.24, 2.45) is 0 Å². The van der Waals surface area contributed by atoms with Gasteiger partial charge in [0.15, 0.2) is 0 Å². The van der Waals surface area contributed by atoms with Crippen LogP contribution in [0, 0.1) is 11.3 Å². The van der Waals surface area contributed by atoms with Gasteiger partial charge in [0.1, 0.15) is 0 Å². The van der Waals surface area contributed by atoms with Crippen molar-refractivity contribution in [1.29, 1.82) is 5.26 Å². The lowest BCUT2D eigenvalue weighted by atomic mass is 9.98. The number of benzene rings is 8. The van der Waals surface area contributed by atoms with E-state index >= 15 is 0 Å². The van der Waals surface area contributed by atoms with Crippen LogP contribution in [-0.4, -0.2) is 9.13 Å². The molecule has 0 unspecified atom stereocenters. The number of nitrogens with zero attached hydrogens (tertiary/aromatic N) is 3. The van der Waals surface area contributed by atoms with Crippen LogP contribution in [0.3, 0.4) is 0 Å². The molecule has 0 bridgehead atoms. The van der Waals surface area contributed by atoms with Crippen LogP contribution in [0.1, 0.15) is 18.1 Å². The van der Waals surface area contributed by atoms with Gasteiger partial charge < -0.3 is 9.13 Å².